The minimum Gasteiger partial charge on any atom is -0.497 e. The van der Waals surface area contributed by atoms with Crippen LogP contribution in [0.25, 0.3) is 10.9 Å². The molecular weight excluding hydrogens is 281 g/mol. The number of pyridine rings is 1. The Labute approximate surface area is 126 Å². The Morgan fingerprint density at radius 3 is 2.64 bits per heavy atom. The lowest BCUT2D eigenvalue weighted by atomic mass is 10.1. The van der Waals surface area contributed by atoms with Crippen LogP contribution in [0.5, 0.6) is 5.75 Å². The molecule has 5 heteroatoms. The maximum absolute atomic E-state index is 13.5. The Morgan fingerprint density at radius 1 is 1.18 bits per heavy atom. The zero-order valence-electron chi connectivity index (χ0n) is 11.8. The van der Waals surface area contributed by atoms with Crippen LogP contribution in [0.1, 0.15) is 5.56 Å². The molecule has 0 aliphatic carbocycles. The van der Waals surface area contributed by atoms with E-state index in [4.69, 9.17) is 4.74 Å². The number of rotatable bonds is 3. The highest BCUT2D eigenvalue weighted by molar-refractivity contribution is 5.95. The molecule has 0 amide bonds. The number of halogens is 1. The summed E-state index contributed by atoms with van der Waals surface area (Å²) in [5.41, 5.74) is 2.29. The molecule has 108 valence electrons. The number of ether oxygens (including phenoxy) is 1. The molecule has 2 aromatic carbocycles. The number of methoxy groups -OCH3 is 1. The number of nitrogens with zero attached hydrogens (tertiary/aromatic N) is 2. The van der Waals surface area contributed by atoms with Gasteiger partial charge in [0.05, 0.1) is 23.9 Å². The van der Waals surface area contributed by atoms with Gasteiger partial charge in [0.2, 0.25) is 0 Å². The zero-order chi connectivity index (χ0) is 15.5. The molecular formula is C17H12FN3O. The van der Waals surface area contributed by atoms with E-state index in [1.807, 2.05) is 12.1 Å². The second-order valence-corrected chi connectivity index (χ2v) is 4.67. The Morgan fingerprint density at radius 2 is 1.95 bits per heavy atom. The van der Waals surface area contributed by atoms with Crippen LogP contribution >= 0.6 is 0 Å². The van der Waals surface area contributed by atoms with Crippen LogP contribution in [0.4, 0.5) is 15.8 Å². The third-order valence-corrected chi connectivity index (χ3v) is 3.31. The normalized spacial score (nSPS) is 10.2. The predicted molar refractivity (Wildman–Crippen MR) is 82.7 cm³/mol. The lowest BCUT2D eigenvalue weighted by Crippen LogP contribution is -1.97. The fourth-order valence-corrected chi connectivity index (χ4v) is 2.20. The van der Waals surface area contributed by atoms with Gasteiger partial charge in [0.1, 0.15) is 17.6 Å². The maximum atomic E-state index is 13.5. The molecule has 1 N–H and O–H groups in total. The summed E-state index contributed by atoms with van der Waals surface area (Å²) in [7, 11) is 1.59. The largest absolute Gasteiger partial charge is 0.497 e. The van der Waals surface area contributed by atoms with E-state index in [0.29, 0.717) is 22.2 Å². The molecule has 0 fully saturated rings. The molecule has 4 nitrogen and oxygen atoms in total. The van der Waals surface area contributed by atoms with Gasteiger partial charge in [0.25, 0.3) is 0 Å². The summed E-state index contributed by atoms with van der Waals surface area (Å²) in [4.78, 5) is 4.17. The van der Waals surface area contributed by atoms with Gasteiger partial charge in [-0.15, -0.1) is 0 Å². The first-order valence-electron chi connectivity index (χ1n) is 6.60. The smallest absolute Gasteiger partial charge is 0.124 e. The third kappa shape index (κ3) is 2.54. The van der Waals surface area contributed by atoms with Crippen LogP contribution in [0.15, 0.2) is 48.7 Å². The van der Waals surface area contributed by atoms with Crippen LogP contribution < -0.4 is 10.1 Å². The summed E-state index contributed by atoms with van der Waals surface area (Å²) in [6.07, 6.45) is 1.48. The SMILES string of the molecule is COc1ccc(Nc2c(C#N)cnc3ccc(F)cc23)cc1. The number of nitrogens with one attached hydrogen (secondary N) is 1. The van der Waals surface area contributed by atoms with E-state index in [2.05, 4.69) is 16.4 Å². The van der Waals surface area contributed by atoms with Gasteiger partial charge in [0.15, 0.2) is 0 Å². The molecule has 3 rings (SSSR count). The molecule has 0 unspecified atom stereocenters. The van der Waals surface area contributed by atoms with E-state index >= 15 is 0 Å². The molecule has 1 heterocycles. The summed E-state index contributed by atoms with van der Waals surface area (Å²) in [6.45, 7) is 0. The lowest BCUT2D eigenvalue weighted by Gasteiger charge is -2.12. The van der Waals surface area contributed by atoms with Crippen molar-refractivity contribution >= 4 is 22.3 Å². The van der Waals surface area contributed by atoms with Gasteiger partial charge in [-0.3, -0.25) is 4.98 Å². The first-order valence-corrected chi connectivity index (χ1v) is 6.60. The van der Waals surface area contributed by atoms with E-state index in [9.17, 15) is 9.65 Å². The first-order chi connectivity index (χ1) is 10.7. The van der Waals surface area contributed by atoms with Crippen molar-refractivity contribution in [1.82, 2.24) is 4.98 Å². The number of hydrogen-bond acceptors (Lipinski definition) is 4. The van der Waals surface area contributed by atoms with Crippen LogP contribution in [0.2, 0.25) is 0 Å². The molecule has 3 aromatic rings. The van der Waals surface area contributed by atoms with E-state index in [1.165, 1.54) is 18.3 Å². The monoisotopic (exact) mass is 293 g/mol. The van der Waals surface area contributed by atoms with Crippen molar-refractivity contribution in [3.05, 3.63) is 60.0 Å². The van der Waals surface area contributed by atoms with Crippen LogP contribution in [0.3, 0.4) is 0 Å². The molecule has 22 heavy (non-hydrogen) atoms. The molecule has 0 atom stereocenters. The van der Waals surface area contributed by atoms with Gasteiger partial charge in [-0.2, -0.15) is 5.26 Å². The van der Waals surface area contributed by atoms with E-state index < -0.39 is 0 Å². The van der Waals surface area contributed by atoms with Crippen molar-refractivity contribution < 1.29 is 9.13 Å². The summed E-state index contributed by atoms with van der Waals surface area (Å²) >= 11 is 0. The number of benzene rings is 2. The van der Waals surface area contributed by atoms with E-state index in [-0.39, 0.29) is 5.82 Å². The van der Waals surface area contributed by atoms with Gasteiger partial charge in [0, 0.05) is 17.3 Å². The van der Waals surface area contributed by atoms with Gasteiger partial charge >= 0.3 is 0 Å². The number of hydrogen-bond donors (Lipinski definition) is 1. The summed E-state index contributed by atoms with van der Waals surface area (Å²) in [5, 5.41) is 13.0. The number of anilines is 2. The molecule has 0 spiro atoms. The number of nitriles is 1. The maximum Gasteiger partial charge on any atom is 0.124 e. The van der Waals surface area contributed by atoms with Crippen molar-refractivity contribution in [2.45, 2.75) is 0 Å². The van der Waals surface area contributed by atoms with E-state index in [1.54, 1.807) is 25.3 Å². The number of fused-ring (bicyclic) bond motifs is 1. The average Bonchev–Trinajstić information content (AvgIpc) is 2.56. The summed E-state index contributed by atoms with van der Waals surface area (Å²) < 4.78 is 18.6. The van der Waals surface area contributed by atoms with Gasteiger partial charge in [-0.05, 0) is 42.5 Å². The van der Waals surface area contributed by atoms with Crippen LogP contribution in [-0.2, 0) is 0 Å². The highest BCUT2D eigenvalue weighted by Crippen LogP contribution is 2.29. The van der Waals surface area contributed by atoms with Crippen LogP contribution in [-0.4, -0.2) is 12.1 Å². The Hall–Kier alpha value is -3.13. The molecule has 0 bridgehead atoms. The molecule has 0 radical (unpaired) electrons. The molecule has 0 aliphatic rings. The van der Waals surface area contributed by atoms with Crippen molar-refractivity contribution in [2.24, 2.45) is 0 Å². The second kappa shape index (κ2) is 5.70. The second-order valence-electron chi connectivity index (χ2n) is 4.67. The van der Waals surface area contributed by atoms with Crippen molar-refractivity contribution in [2.75, 3.05) is 12.4 Å². The highest BCUT2D eigenvalue weighted by Gasteiger charge is 2.10. The summed E-state index contributed by atoms with van der Waals surface area (Å²) in [6, 6.07) is 13.6. The van der Waals surface area contributed by atoms with Gasteiger partial charge in [-0.1, -0.05) is 0 Å². The highest BCUT2D eigenvalue weighted by atomic mass is 19.1. The van der Waals surface area contributed by atoms with Crippen molar-refractivity contribution in [3.8, 4) is 11.8 Å². The molecule has 0 saturated carbocycles. The topological polar surface area (TPSA) is 57.9 Å². The average molecular weight is 293 g/mol. The fourth-order valence-electron chi connectivity index (χ4n) is 2.20. The lowest BCUT2D eigenvalue weighted by molar-refractivity contribution is 0.415. The molecule has 0 aliphatic heterocycles. The number of aromatic nitrogens is 1. The van der Waals surface area contributed by atoms with Crippen LogP contribution in [0, 0.1) is 17.1 Å². The zero-order valence-corrected chi connectivity index (χ0v) is 11.8. The minimum atomic E-state index is -0.373. The first kappa shape index (κ1) is 13.8. The Kier molecular flexibility index (Phi) is 3.58. The van der Waals surface area contributed by atoms with Gasteiger partial charge < -0.3 is 10.1 Å². The van der Waals surface area contributed by atoms with E-state index in [0.717, 1.165) is 11.4 Å². The summed E-state index contributed by atoms with van der Waals surface area (Å²) in [5.74, 6) is 0.360. The minimum absolute atomic E-state index is 0.355. The van der Waals surface area contributed by atoms with Gasteiger partial charge in [-0.25, -0.2) is 4.39 Å². The molecule has 1 aromatic heterocycles. The molecule has 0 saturated heterocycles. The van der Waals surface area contributed by atoms with Crippen molar-refractivity contribution in [1.29, 1.82) is 5.26 Å². The Balaban J connectivity index is 2.11. The Bertz CT molecular complexity index is 869. The fraction of sp³-hybridized carbons (Fsp3) is 0.0588. The predicted octanol–water partition coefficient (Wildman–Crippen LogP) is 4.00. The van der Waals surface area contributed by atoms with Crippen molar-refractivity contribution in [3.63, 3.8) is 0 Å². The quantitative estimate of drug-likeness (QED) is 0.793. The standard InChI is InChI=1S/C17H12FN3O/c1-22-14-5-3-13(4-6-14)21-17-11(9-19)10-20-16-7-2-12(18)8-15(16)17/h2-8,10H,1H3,(H,20,21). The third-order valence-electron chi connectivity index (χ3n) is 3.31.